The molecule has 2 saturated heterocycles. The Morgan fingerprint density at radius 1 is 1.20 bits per heavy atom. The molecule has 1 aromatic heterocycles. The number of nitrogens with one attached hydrogen (secondary N) is 1. The van der Waals surface area contributed by atoms with Gasteiger partial charge < -0.3 is 19.9 Å². The second-order valence-corrected chi connectivity index (χ2v) is 7.57. The van der Waals surface area contributed by atoms with Gasteiger partial charge in [-0.15, -0.1) is 24.0 Å². The van der Waals surface area contributed by atoms with Gasteiger partial charge in [0.1, 0.15) is 0 Å². The molecule has 3 heterocycles. The minimum atomic E-state index is -0.0468. The summed E-state index contributed by atoms with van der Waals surface area (Å²) in [5.41, 5.74) is 0.967. The fourth-order valence-corrected chi connectivity index (χ4v) is 3.99. The van der Waals surface area contributed by atoms with E-state index in [1.807, 2.05) is 24.0 Å². The van der Waals surface area contributed by atoms with Crippen LogP contribution in [0.4, 0.5) is 0 Å². The van der Waals surface area contributed by atoms with Gasteiger partial charge in [0, 0.05) is 57.6 Å². The molecule has 0 spiro atoms. The Balaban J connectivity index is 0.00000320. The summed E-state index contributed by atoms with van der Waals surface area (Å²) >= 11 is 0. The molecule has 1 atom stereocenters. The fraction of sp³-hybridized carbons (Fsp3) is 0.667. The predicted molar refractivity (Wildman–Crippen MR) is 129 cm³/mol. The van der Waals surface area contributed by atoms with E-state index in [1.165, 1.54) is 0 Å². The maximum Gasteiger partial charge on any atom is 0.239 e. The number of ether oxygens (including phenoxy) is 1. The molecule has 2 aliphatic rings. The van der Waals surface area contributed by atoms with E-state index in [0.29, 0.717) is 12.4 Å². The molecule has 2 aliphatic heterocycles. The predicted octanol–water partition coefficient (Wildman–Crippen LogP) is 1.80. The topological polar surface area (TPSA) is 73.3 Å². The maximum atomic E-state index is 12.7. The molecule has 0 saturated carbocycles. The number of hydrogen-bond donors (Lipinski definition) is 1. The smallest absolute Gasteiger partial charge is 0.239 e. The minimum Gasteiger partial charge on any atom is -0.481 e. The SMILES string of the molecule is CCNC(=NCc1cccnc1OC)N1CCN(C(C)C(=O)N2CCCC2)CC1.I. The second-order valence-electron chi connectivity index (χ2n) is 7.57. The number of halogens is 1. The lowest BCUT2D eigenvalue weighted by molar-refractivity contribution is -0.135. The van der Waals surface area contributed by atoms with E-state index in [-0.39, 0.29) is 35.9 Å². The van der Waals surface area contributed by atoms with Gasteiger partial charge in [-0.2, -0.15) is 0 Å². The zero-order valence-corrected chi connectivity index (χ0v) is 20.7. The largest absolute Gasteiger partial charge is 0.481 e. The van der Waals surface area contributed by atoms with Crippen molar-refractivity contribution in [2.24, 2.45) is 4.99 Å². The van der Waals surface area contributed by atoms with Crippen LogP contribution in [0.15, 0.2) is 23.3 Å². The van der Waals surface area contributed by atoms with Gasteiger partial charge in [-0.1, -0.05) is 6.07 Å². The Morgan fingerprint density at radius 2 is 1.90 bits per heavy atom. The number of hydrogen-bond acceptors (Lipinski definition) is 5. The zero-order valence-electron chi connectivity index (χ0n) is 18.3. The van der Waals surface area contributed by atoms with Crippen LogP contribution in [-0.2, 0) is 11.3 Å². The van der Waals surface area contributed by atoms with Crippen LogP contribution in [0, 0.1) is 0 Å². The van der Waals surface area contributed by atoms with Crippen LogP contribution < -0.4 is 10.1 Å². The number of nitrogens with zero attached hydrogens (tertiary/aromatic N) is 5. The molecule has 0 bridgehead atoms. The molecule has 1 aromatic rings. The first kappa shape index (κ1) is 24.6. The molecule has 3 rings (SSSR count). The molecule has 0 radical (unpaired) electrons. The van der Waals surface area contributed by atoms with Gasteiger partial charge in [0.05, 0.1) is 19.7 Å². The molecule has 0 aliphatic carbocycles. The number of methoxy groups -OCH3 is 1. The molecule has 1 unspecified atom stereocenters. The highest BCUT2D eigenvalue weighted by Crippen LogP contribution is 2.16. The first-order valence-corrected chi connectivity index (χ1v) is 10.7. The van der Waals surface area contributed by atoms with Gasteiger partial charge in [-0.05, 0) is 32.8 Å². The van der Waals surface area contributed by atoms with Crippen LogP contribution in [0.5, 0.6) is 5.88 Å². The number of aromatic nitrogens is 1. The van der Waals surface area contributed by atoms with Crippen LogP contribution in [0.25, 0.3) is 0 Å². The molecule has 9 heteroatoms. The summed E-state index contributed by atoms with van der Waals surface area (Å²) < 4.78 is 5.33. The molecule has 8 nitrogen and oxygen atoms in total. The standard InChI is InChI=1S/C21H34N6O2.HI/c1-4-22-21(24-16-18-8-7-9-23-19(18)29-3)27-14-12-25(13-15-27)17(2)20(28)26-10-5-6-11-26;/h7-9,17H,4-6,10-16H2,1-3H3,(H,22,24);1H. The number of carbonyl (C=O) groups is 1. The van der Waals surface area contributed by atoms with E-state index in [0.717, 1.165) is 70.2 Å². The lowest BCUT2D eigenvalue weighted by Crippen LogP contribution is -2.57. The molecule has 2 fully saturated rings. The third kappa shape index (κ3) is 6.19. The van der Waals surface area contributed by atoms with E-state index in [9.17, 15) is 4.79 Å². The van der Waals surface area contributed by atoms with Gasteiger partial charge in [-0.25, -0.2) is 9.98 Å². The number of piperazine rings is 1. The molecule has 1 amide bonds. The Bertz CT molecular complexity index is 702. The van der Waals surface area contributed by atoms with Crippen molar-refractivity contribution in [1.29, 1.82) is 0 Å². The maximum absolute atomic E-state index is 12.7. The van der Waals surface area contributed by atoms with E-state index in [4.69, 9.17) is 9.73 Å². The number of aliphatic imine (C=N–C) groups is 1. The van der Waals surface area contributed by atoms with E-state index in [1.54, 1.807) is 13.3 Å². The van der Waals surface area contributed by atoms with Gasteiger partial charge >= 0.3 is 0 Å². The normalized spacial score (nSPS) is 18.7. The minimum absolute atomic E-state index is 0. The number of guanidine groups is 1. The summed E-state index contributed by atoms with van der Waals surface area (Å²) in [7, 11) is 1.63. The van der Waals surface area contributed by atoms with E-state index >= 15 is 0 Å². The second kappa shape index (κ2) is 12.3. The average Bonchev–Trinajstić information content (AvgIpc) is 3.31. The lowest BCUT2D eigenvalue weighted by atomic mass is 10.2. The summed E-state index contributed by atoms with van der Waals surface area (Å²) in [6.45, 7) is 10.7. The molecule has 168 valence electrons. The fourth-order valence-electron chi connectivity index (χ4n) is 3.99. The number of amides is 1. The lowest BCUT2D eigenvalue weighted by Gasteiger charge is -2.39. The van der Waals surface area contributed by atoms with Gasteiger partial charge in [0.15, 0.2) is 5.96 Å². The number of carbonyl (C=O) groups excluding carboxylic acids is 1. The third-order valence-corrected chi connectivity index (χ3v) is 5.71. The first-order chi connectivity index (χ1) is 14.1. The van der Waals surface area contributed by atoms with Crippen molar-refractivity contribution in [2.45, 2.75) is 39.3 Å². The van der Waals surface area contributed by atoms with Gasteiger partial charge in [-0.3, -0.25) is 9.69 Å². The van der Waals surface area contributed by atoms with Crippen molar-refractivity contribution in [2.75, 3.05) is 52.9 Å². The van der Waals surface area contributed by atoms with Crippen molar-refractivity contribution in [3.05, 3.63) is 23.9 Å². The van der Waals surface area contributed by atoms with Gasteiger partial charge in [0.25, 0.3) is 0 Å². The number of pyridine rings is 1. The average molecular weight is 530 g/mol. The number of likely N-dealkylation sites (tertiary alicyclic amines) is 1. The quantitative estimate of drug-likeness (QED) is 0.344. The summed E-state index contributed by atoms with van der Waals surface area (Å²) in [5.74, 6) is 1.79. The highest BCUT2D eigenvalue weighted by atomic mass is 127. The summed E-state index contributed by atoms with van der Waals surface area (Å²) in [4.78, 5) is 28.3. The molecule has 0 aromatic carbocycles. The van der Waals surface area contributed by atoms with Crippen LogP contribution in [0.3, 0.4) is 0 Å². The van der Waals surface area contributed by atoms with Crippen molar-refractivity contribution < 1.29 is 9.53 Å². The zero-order chi connectivity index (χ0) is 20.6. The van der Waals surface area contributed by atoms with Crippen LogP contribution in [0.1, 0.15) is 32.3 Å². The molecular weight excluding hydrogens is 495 g/mol. The van der Waals surface area contributed by atoms with Crippen molar-refractivity contribution in [3.63, 3.8) is 0 Å². The van der Waals surface area contributed by atoms with Crippen LogP contribution in [0.2, 0.25) is 0 Å². The summed E-state index contributed by atoms with van der Waals surface area (Å²) in [5, 5.41) is 3.39. The summed E-state index contributed by atoms with van der Waals surface area (Å²) in [6, 6.07) is 3.84. The highest BCUT2D eigenvalue weighted by Gasteiger charge is 2.30. The van der Waals surface area contributed by atoms with Gasteiger partial charge in [0.2, 0.25) is 11.8 Å². The Morgan fingerprint density at radius 3 is 2.53 bits per heavy atom. The summed E-state index contributed by atoms with van der Waals surface area (Å²) in [6.07, 6.45) is 3.99. The van der Waals surface area contributed by atoms with Crippen LogP contribution in [-0.4, -0.2) is 90.5 Å². The van der Waals surface area contributed by atoms with E-state index < -0.39 is 0 Å². The highest BCUT2D eigenvalue weighted by molar-refractivity contribution is 14.0. The van der Waals surface area contributed by atoms with Crippen molar-refractivity contribution >= 4 is 35.8 Å². The first-order valence-electron chi connectivity index (χ1n) is 10.7. The Kier molecular flexibility index (Phi) is 10.1. The van der Waals surface area contributed by atoms with E-state index in [2.05, 4.69) is 27.0 Å². The van der Waals surface area contributed by atoms with Crippen molar-refractivity contribution in [3.8, 4) is 5.88 Å². The monoisotopic (exact) mass is 530 g/mol. The molecule has 1 N–H and O–H groups in total. The molecular formula is C21H35IN6O2. The van der Waals surface area contributed by atoms with Crippen molar-refractivity contribution in [1.82, 2.24) is 25.0 Å². The molecule has 30 heavy (non-hydrogen) atoms. The van der Waals surface area contributed by atoms with Crippen LogP contribution >= 0.6 is 24.0 Å². The number of rotatable bonds is 6. The Labute approximate surface area is 197 Å². The third-order valence-electron chi connectivity index (χ3n) is 5.71. The Hall–Kier alpha value is -1.62.